The molecule has 174 valence electrons. The topological polar surface area (TPSA) is 12.2 Å². The Balaban J connectivity index is 1.40. The van der Waals surface area contributed by atoms with Gasteiger partial charge in [0.25, 0.3) is 0 Å². The van der Waals surface area contributed by atoms with E-state index in [1.165, 1.54) is 40.1 Å². The Hall–Kier alpha value is -3.13. The van der Waals surface area contributed by atoms with Crippen molar-refractivity contribution in [2.24, 2.45) is 0 Å². The third kappa shape index (κ3) is 3.79. The van der Waals surface area contributed by atoms with Crippen molar-refractivity contribution in [3.05, 3.63) is 107 Å². The second kappa shape index (κ2) is 8.58. The van der Waals surface area contributed by atoms with Crippen LogP contribution in [0.15, 0.2) is 95.8 Å². The van der Waals surface area contributed by atoms with Crippen LogP contribution in [0.4, 0.5) is 5.69 Å². The van der Waals surface area contributed by atoms with E-state index in [9.17, 15) is 0 Å². The Morgan fingerprint density at radius 2 is 1.59 bits per heavy atom. The van der Waals surface area contributed by atoms with Crippen molar-refractivity contribution in [3.63, 3.8) is 0 Å². The van der Waals surface area contributed by atoms with Gasteiger partial charge in [0.05, 0.1) is 10.8 Å². The van der Waals surface area contributed by atoms with Crippen LogP contribution in [-0.2, 0) is 10.8 Å². The van der Waals surface area contributed by atoms with Crippen molar-refractivity contribution in [1.82, 2.24) is 0 Å². The minimum absolute atomic E-state index is 0.0157. The summed E-state index contributed by atoms with van der Waals surface area (Å²) >= 11 is 0. The van der Waals surface area contributed by atoms with Crippen molar-refractivity contribution >= 4 is 11.4 Å². The Labute approximate surface area is 204 Å². The number of benzene rings is 2. The zero-order valence-corrected chi connectivity index (χ0v) is 21.2. The van der Waals surface area contributed by atoms with Gasteiger partial charge in [0.1, 0.15) is 18.1 Å². The minimum Gasteiger partial charge on any atom is -0.460 e. The molecule has 0 saturated heterocycles. The molecule has 0 fully saturated rings. The van der Waals surface area contributed by atoms with Crippen LogP contribution < -0.4 is 4.74 Å². The Bertz CT molecular complexity index is 1280. The highest BCUT2D eigenvalue weighted by Crippen LogP contribution is 2.45. The van der Waals surface area contributed by atoms with Gasteiger partial charge in [-0.3, -0.25) is 0 Å². The summed E-state index contributed by atoms with van der Waals surface area (Å²) in [7, 11) is 0. The van der Waals surface area contributed by atoms with Crippen LogP contribution in [0.3, 0.4) is 0 Å². The van der Waals surface area contributed by atoms with Gasteiger partial charge in [-0.2, -0.15) is 4.58 Å². The van der Waals surface area contributed by atoms with Gasteiger partial charge in [0, 0.05) is 23.3 Å². The van der Waals surface area contributed by atoms with Crippen LogP contribution in [0.1, 0.15) is 65.0 Å². The molecule has 3 aliphatic rings. The molecule has 0 radical (unpaired) electrons. The third-order valence-corrected chi connectivity index (χ3v) is 7.72. The smallest absolute Gasteiger partial charge is 0.209 e. The molecule has 0 atom stereocenters. The highest BCUT2D eigenvalue weighted by molar-refractivity contribution is 6.03. The fourth-order valence-corrected chi connectivity index (χ4v) is 5.69. The SMILES string of the molecule is CC[N+]1=C(/C=C/C2=CC(=C/C=C3/Oc4ccccc4C3(C)C)/CCC2)C(C)(C)c2ccccc21. The van der Waals surface area contributed by atoms with E-state index >= 15 is 0 Å². The molecular formula is C32H36NO+. The monoisotopic (exact) mass is 450 g/mol. The molecule has 2 aromatic rings. The van der Waals surface area contributed by atoms with Crippen molar-refractivity contribution in [3.8, 4) is 5.75 Å². The summed E-state index contributed by atoms with van der Waals surface area (Å²) in [6.07, 6.45) is 15.0. The van der Waals surface area contributed by atoms with Gasteiger partial charge in [0.15, 0.2) is 5.71 Å². The van der Waals surface area contributed by atoms with Crippen molar-refractivity contribution in [2.45, 2.75) is 64.7 Å². The van der Waals surface area contributed by atoms with Crippen molar-refractivity contribution in [1.29, 1.82) is 0 Å². The molecule has 2 aliphatic heterocycles. The second-order valence-corrected chi connectivity index (χ2v) is 10.7. The summed E-state index contributed by atoms with van der Waals surface area (Å²) in [6, 6.07) is 17.2. The molecule has 0 spiro atoms. The first-order valence-electron chi connectivity index (χ1n) is 12.6. The highest BCUT2D eigenvalue weighted by atomic mass is 16.5. The number of hydrogen-bond donors (Lipinski definition) is 0. The number of allylic oxidation sites excluding steroid dienone is 8. The molecular weight excluding hydrogens is 414 g/mol. The lowest BCUT2D eigenvalue weighted by atomic mass is 9.81. The predicted octanol–water partition coefficient (Wildman–Crippen LogP) is 7.93. The van der Waals surface area contributed by atoms with Crippen LogP contribution in [0.2, 0.25) is 0 Å². The molecule has 0 bridgehead atoms. The van der Waals surface area contributed by atoms with Gasteiger partial charge in [-0.25, -0.2) is 0 Å². The summed E-state index contributed by atoms with van der Waals surface area (Å²) in [5, 5.41) is 0. The van der Waals surface area contributed by atoms with Crippen LogP contribution in [0.5, 0.6) is 5.75 Å². The van der Waals surface area contributed by atoms with Crippen molar-refractivity contribution < 1.29 is 9.31 Å². The highest BCUT2D eigenvalue weighted by Gasteiger charge is 2.43. The third-order valence-electron chi connectivity index (χ3n) is 7.72. The standard InChI is InChI=1S/C32H36NO/c1-6-33-27-16-9-7-14-25(27)31(2,3)29(33)20-18-23-12-11-13-24(22-23)19-21-30-32(4,5)26-15-8-10-17-28(26)34-30/h7-10,14-22H,6,11-13H2,1-5H3/q+1/b20-18+,24-19+,30-21+. The number of hydrogen-bond acceptors (Lipinski definition) is 1. The molecule has 2 heterocycles. The van der Waals surface area contributed by atoms with Crippen LogP contribution >= 0.6 is 0 Å². The number of rotatable bonds is 4. The number of fused-ring (bicyclic) bond motifs is 2. The first kappa shape index (κ1) is 22.7. The van der Waals surface area contributed by atoms with E-state index in [0.29, 0.717) is 0 Å². The number of ether oxygens (including phenoxy) is 1. The van der Waals surface area contributed by atoms with Gasteiger partial charge in [-0.1, -0.05) is 54.6 Å². The Kier molecular flexibility index (Phi) is 5.72. The van der Waals surface area contributed by atoms with E-state index in [2.05, 4.69) is 112 Å². The molecule has 0 unspecified atom stereocenters. The van der Waals surface area contributed by atoms with E-state index in [4.69, 9.17) is 4.74 Å². The summed E-state index contributed by atoms with van der Waals surface area (Å²) in [5.41, 5.74) is 8.11. The average Bonchev–Trinajstić information content (AvgIpc) is 3.23. The van der Waals surface area contributed by atoms with Gasteiger partial charge in [0.2, 0.25) is 5.69 Å². The largest absolute Gasteiger partial charge is 0.460 e. The summed E-state index contributed by atoms with van der Waals surface area (Å²) in [4.78, 5) is 0. The number of para-hydroxylation sites is 2. The average molecular weight is 451 g/mol. The summed E-state index contributed by atoms with van der Waals surface area (Å²) in [6.45, 7) is 12.4. The molecule has 34 heavy (non-hydrogen) atoms. The molecule has 0 N–H and O–H groups in total. The maximum atomic E-state index is 6.21. The lowest BCUT2D eigenvalue weighted by Gasteiger charge is -2.18. The van der Waals surface area contributed by atoms with E-state index in [-0.39, 0.29) is 10.8 Å². The lowest BCUT2D eigenvalue weighted by molar-refractivity contribution is -0.433. The molecule has 1 aliphatic carbocycles. The molecule has 5 rings (SSSR count). The first-order chi connectivity index (χ1) is 16.3. The fraction of sp³-hybridized carbons (Fsp3) is 0.344. The van der Waals surface area contributed by atoms with E-state index in [0.717, 1.165) is 30.9 Å². The summed E-state index contributed by atoms with van der Waals surface area (Å²) < 4.78 is 8.67. The van der Waals surface area contributed by atoms with E-state index in [1.54, 1.807) is 0 Å². The minimum atomic E-state index is -0.0991. The predicted molar refractivity (Wildman–Crippen MR) is 142 cm³/mol. The zero-order chi connectivity index (χ0) is 23.9. The second-order valence-electron chi connectivity index (χ2n) is 10.7. The summed E-state index contributed by atoms with van der Waals surface area (Å²) in [5.74, 6) is 2.01. The zero-order valence-electron chi connectivity index (χ0n) is 21.2. The maximum Gasteiger partial charge on any atom is 0.209 e. The van der Waals surface area contributed by atoms with Gasteiger partial charge in [-0.05, 0) is 77.2 Å². The molecule has 0 aromatic heterocycles. The molecule has 0 amide bonds. The quantitative estimate of drug-likeness (QED) is 0.431. The Morgan fingerprint density at radius 1 is 0.853 bits per heavy atom. The van der Waals surface area contributed by atoms with Gasteiger partial charge < -0.3 is 4.74 Å². The fourth-order valence-electron chi connectivity index (χ4n) is 5.69. The van der Waals surface area contributed by atoms with Crippen LogP contribution in [0, 0.1) is 0 Å². The normalized spacial score (nSPS) is 22.8. The van der Waals surface area contributed by atoms with Crippen LogP contribution in [0.25, 0.3) is 0 Å². The van der Waals surface area contributed by atoms with Crippen LogP contribution in [-0.4, -0.2) is 16.8 Å². The molecule has 0 saturated carbocycles. The Morgan fingerprint density at radius 3 is 2.35 bits per heavy atom. The van der Waals surface area contributed by atoms with E-state index < -0.39 is 0 Å². The van der Waals surface area contributed by atoms with Gasteiger partial charge in [-0.15, -0.1) is 0 Å². The number of nitrogens with zero attached hydrogens (tertiary/aromatic N) is 1. The molecule has 2 aromatic carbocycles. The van der Waals surface area contributed by atoms with E-state index in [1.807, 2.05) is 6.07 Å². The molecule has 2 nitrogen and oxygen atoms in total. The van der Waals surface area contributed by atoms with Crippen molar-refractivity contribution in [2.75, 3.05) is 6.54 Å². The first-order valence-corrected chi connectivity index (χ1v) is 12.6. The maximum absolute atomic E-state index is 6.21. The van der Waals surface area contributed by atoms with Gasteiger partial charge >= 0.3 is 0 Å². The molecule has 2 heteroatoms. The lowest BCUT2D eigenvalue weighted by Crippen LogP contribution is -2.27.